The fourth-order valence-electron chi connectivity index (χ4n) is 3.11. The van der Waals surface area contributed by atoms with Gasteiger partial charge in [-0.1, -0.05) is 0 Å². The van der Waals surface area contributed by atoms with Crippen molar-refractivity contribution in [3.05, 3.63) is 40.1 Å². The zero-order chi connectivity index (χ0) is 21.0. The van der Waals surface area contributed by atoms with Crippen molar-refractivity contribution in [1.29, 1.82) is 0 Å². The summed E-state index contributed by atoms with van der Waals surface area (Å²) < 4.78 is 38.1. The zero-order valence-electron chi connectivity index (χ0n) is 16.5. The van der Waals surface area contributed by atoms with E-state index in [4.69, 9.17) is 9.47 Å². The lowest BCUT2D eigenvalue weighted by atomic mass is 10.1. The highest BCUT2D eigenvalue weighted by atomic mass is 32.2. The number of sulfonamides is 1. The molecule has 0 radical (unpaired) electrons. The van der Waals surface area contributed by atoms with E-state index in [9.17, 15) is 13.2 Å². The van der Waals surface area contributed by atoms with Gasteiger partial charge in [0.25, 0.3) is 5.91 Å². The molecule has 2 aromatic rings. The van der Waals surface area contributed by atoms with Gasteiger partial charge in [-0.3, -0.25) is 4.79 Å². The number of carbonyl (C=O) groups excluding carboxylic acids is 1. The van der Waals surface area contributed by atoms with Gasteiger partial charge in [-0.05, 0) is 36.6 Å². The summed E-state index contributed by atoms with van der Waals surface area (Å²) in [6.07, 6.45) is 0. The third-order valence-electron chi connectivity index (χ3n) is 4.67. The highest BCUT2D eigenvalue weighted by Gasteiger charge is 2.31. The number of hydrogen-bond donors (Lipinski definition) is 1. The van der Waals surface area contributed by atoms with Gasteiger partial charge in [0.1, 0.15) is 21.3 Å². The van der Waals surface area contributed by atoms with Crippen LogP contribution in [0.15, 0.2) is 34.5 Å². The third-order valence-corrected chi connectivity index (χ3v) is 8.60. The molecule has 0 spiro atoms. The van der Waals surface area contributed by atoms with Crippen molar-refractivity contribution in [1.82, 2.24) is 9.62 Å². The average molecular weight is 457 g/mol. The summed E-state index contributed by atoms with van der Waals surface area (Å²) in [4.78, 5) is 13.2. The summed E-state index contributed by atoms with van der Waals surface area (Å²) in [5.41, 5.74) is 0.745. The van der Waals surface area contributed by atoms with Gasteiger partial charge >= 0.3 is 0 Å². The predicted octanol–water partition coefficient (Wildman–Crippen LogP) is 2.99. The Labute approximate surface area is 179 Å². The van der Waals surface area contributed by atoms with Gasteiger partial charge < -0.3 is 14.8 Å². The Balaban J connectivity index is 1.83. The maximum absolute atomic E-state index is 13.0. The Morgan fingerprint density at radius 2 is 1.90 bits per heavy atom. The molecule has 0 bridgehead atoms. The number of thiophene rings is 1. The highest BCUT2D eigenvalue weighted by Crippen LogP contribution is 2.31. The van der Waals surface area contributed by atoms with Gasteiger partial charge in [-0.25, -0.2) is 8.42 Å². The van der Waals surface area contributed by atoms with Crippen LogP contribution in [0.1, 0.15) is 28.2 Å². The molecule has 1 fully saturated rings. The van der Waals surface area contributed by atoms with Crippen LogP contribution in [0.25, 0.3) is 0 Å². The lowest BCUT2D eigenvalue weighted by Crippen LogP contribution is -2.38. The van der Waals surface area contributed by atoms with Crippen molar-refractivity contribution in [2.75, 3.05) is 38.8 Å². The standard InChI is InChI=1S/C19H24N2O5S3/c1-13(15-12-14(25-2)4-5-16(15)26-3)20-19(22)18-17(6-9-28-18)29(23,24)21-7-10-27-11-8-21/h4-6,9,12-13H,7-8,10-11H2,1-3H3,(H,20,22). The van der Waals surface area contributed by atoms with Gasteiger partial charge in [0.15, 0.2) is 0 Å². The number of rotatable bonds is 7. The van der Waals surface area contributed by atoms with Crippen molar-refractivity contribution in [2.45, 2.75) is 17.9 Å². The smallest absolute Gasteiger partial charge is 0.263 e. The van der Waals surface area contributed by atoms with E-state index in [1.165, 1.54) is 10.4 Å². The molecule has 1 aromatic carbocycles. The van der Waals surface area contributed by atoms with Crippen LogP contribution in [0.3, 0.4) is 0 Å². The summed E-state index contributed by atoms with van der Waals surface area (Å²) in [5, 5.41) is 4.53. The average Bonchev–Trinajstić information content (AvgIpc) is 3.25. The molecule has 158 valence electrons. The number of thioether (sulfide) groups is 1. The van der Waals surface area contributed by atoms with Gasteiger partial charge in [-0.15, -0.1) is 11.3 Å². The SMILES string of the molecule is COc1ccc(OC)c(C(C)NC(=O)c2sccc2S(=O)(=O)N2CCSCC2)c1. The fourth-order valence-corrected chi connectivity index (χ4v) is 6.99. The first-order chi connectivity index (χ1) is 13.9. The van der Waals surface area contributed by atoms with Crippen molar-refractivity contribution >= 4 is 39.0 Å². The molecule has 29 heavy (non-hydrogen) atoms. The Kier molecular flexibility index (Phi) is 7.10. The van der Waals surface area contributed by atoms with E-state index in [-0.39, 0.29) is 9.77 Å². The molecule has 1 aromatic heterocycles. The first kappa shape index (κ1) is 21.9. The van der Waals surface area contributed by atoms with E-state index >= 15 is 0 Å². The molecular weight excluding hydrogens is 432 g/mol. The minimum absolute atomic E-state index is 0.0664. The summed E-state index contributed by atoms with van der Waals surface area (Å²) >= 11 is 2.85. The molecule has 3 rings (SSSR count). The molecule has 7 nitrogen and oxygen atoms in total. The van der Waals surface area contributed by atoms with E-state index < -0.39 is 22.0 Å². The Hall–Kier alpha value is -1.75. The lowest BCUT2D eigenvalue weighted by molar-refractivity contribution is 0.0940. The third kappa shape index (κ3) is 4.71. The molecule has 1 saturated heterocycles. The molecule has 0 aliphatic carbocycles. The summed E-state index contributed by atoms with van der Waals surface area (Å²) in [6, 6.07) is 6.44. The van der Waals surface area contributed by atoms with Crippen molar-refractivity contribution in [3.8, 4) is 11.5 Å². The van der Waals surface area contributed by atoms with Gasteiger partial charge in [0.2, 0.25) is 10.0 Å². The summed E-state index contributed by atoms with van der Waals surface area (Å²) in [6.45, 7) is 2.74. The number of ether oxygens (including phenoxy) is 2. The van der Waals surface area contributed by atoms with Crippen LogP contribution in [0.5, 0.6) is 11.5 Å². The number of amides is 1. The van der Waals surface area contributed by atoms with Crippen LogP contribution >= 0.6 is 23.1 Å². The molecule has 1 unspecified atom stereocenters. The molecule has 0 saturated carbocycles. The van der Waals surface area contributed by atoms with E-state index in [1.807, 2.05) is 6.92 Å². The number of benzene rings is 1. The Bertz CT molecular complexity index is 968. The number of nitrogens with zero attached hydrogens (tertiary/aromatic N) is 1. The number of methoxy groups -OCH3 is 2. The molecule has 1 N–H and O–H groups in total. The lowest BCUT2D eigenvalue weighted by Gasteiger charge is -2.25. The molecule has 1 aliphatic rings. The molecule has 1 aliphatic heterocycles. The predicted molar refractivity (Wildman–Crippen MR) is 116 cm³/mol. The first-order valence-corrected chi connectivity index (χ1v) is 12.5. The van der Waals surface area contributed by atoms with Crippen molar-refractivity contribution in [3.63, 3.8) is 0 Å². The minimum atomic E-state index is -3.69. The monoisotopic (exact) mass is 456 g/mol. The normalized spacial score (nSPS) is 16.2. The molecule has 10 heteroatoms. The highest BCUT2D eigenvalue weighted by molar-refractivity contribution is 7.99. The van der Waals surface area contributed by atoms with Crippen LogP contribution in [0, 0.1) is 0 Å². The van der Waals surface area contributed by atoms with E-state index in [2.05, 4.69) is 5.32 Å². The van der Waals surface area contributed by atoms with E-state index in [1.54, 1.807) is 49.6 Å². The maximum atomic E-state index is 13.0. The topological polar surface area (TPSA) is 84.9 Å². The quantitative estimate of drug-likeness (QED) is 0.690. The Morgan fingerprint density at radius 3 is 2.55 bits per heavy atom. The van der Waals surface area contributed by atoms with Gasteiger partial charge in [0, 0.05) is 30.2 Å². The van der Waals surface area contributed by atoms with Crippen LogP contribution in [-0.2, 0) is 10.0 Å². The first-order valence-electron chi connectivity index (χ1n) is 9.06. The number of carbonyl (C=O) groups is 1. The largest absolute Gasteiger partial charge is 0.497 e. The molecule has 1 amide bonds. The molecule has 2 heterocycles. The van der Waals surface area contributed by atoms with E-state index in [0.29, 0.717) is 24.6 Å². The van der Waals surface area contributed by atoms with Crippen molar-refractivity contribution < 1.29 is 22.7 Å². The van der Waals surface area contributed by atoms with Crippen molar-refractivity contribution in [2.24, 2.45) is 0 Å². The second-order valence-electron chi connectivity index (χ2n) is 6.43. The Morgan fingerprint density at radius 1 is 1.17 bits per heavy atom. The fraction of sp³-hybridized carbons (Fsp3) is 0.421. The van der Waals surface area contributed by atoms with Crippen LogP contribution < -0.4 is 14.8 Å². The van der Waals surface area contributed by atoms with Gasteiger partial charge in [0.05, 0.1) is 20.3 Å². The van der Waals surface area contributed by atoms with E-state index in [0.717, 1.165) is 28.4 Å². The summed E-state index contributed by atoms with van der Waals surface area (Å²) in [5.74, 6) is 2.35. The van der Waals surface area contributed by atoms with Gasteiger partial charge in [-0.2, -0.15) is 16.1 Å². The van der Waals surface area contributed by atoms with Crippen LogP contribution in [-0.4, -0.2) is 57.4 Å². The minimum Gasteiger partial charge on any atom is -0.497 e. The molecular formula is C19H24N2O5S3. The second-order valence-corrected chi connectivity index (χ2v) is 10.5. The van der Waals surface area contributed by atoms with Crippen LogP contribution in [0.4, 0.5) is 0 Å². The summed E-state index contributed by atoms with van der Waals surface area (Å²) in [7, 11) is -0.571. The zero-order valence-corrected chi connectivity index (χ0v) is 19.0. The number of hydrogen-bond acceptors (Lipinski definition) is 7. The molecule has 1 atom stereocenters. The van der Waals surface area contributed by atoms with Crippen LogP contribution in [0.2, 0.25) is 0 Å². The second kappa shape index (κ2) is 9.38. The maximum Gasteiger partial charge on any atom is 0.263 e. The number of nitrogens with one attached hydrogen (secondary N) is 1.